The van der Waals surface area contributed by atoms with E-state index in [2.05, 4.69) is 20.5 Å². The molecular weight excluding hydrogens is 383 g/mol. The molecule has 2 N–H and O–H groups in total. The molecule has 7 heteroatoms. The maximum Gasteiger partial charge on any atom is 0.191 e. The first-order valence-electron chi connectivity index (χ1n) is 10.5. The summed E-state index contributed by atoms with van der Waals surface area (Å²) < 4.78 is 24.8. The van der Waals surface area contributed by atoms with Crippen LogP contribution in [0.4, 0.5) is 4.39 Å². The van der Waals surface area contributed by atoms with Crippen LogP contribution >= 0.6 is 0 Å². The molecule has 0 amide bonds. The van der Waals surface area contributed by atoms with Gasteiger partial charge in [-0.05, 0) is 30.7 Å². The predicted molar refractivity (Wildman–Crippen MR) is 117 cm³/mol. The second-order valence-corrected chi connectivity index (χ2v) is 7.09. The van der Waals surface area contributed by atoms with Gasteiger partial charge in [0.05, 0.1) is 19.8 Å². The van der Waals surface area contributed by atoms with Crippen molar-refractivity contribution in [1.29, 1.82) is 0 Å². The van der Waals surface area contributed by atoms with Gasteiger partial charge in [0.2, 0.25) is 0 Å². The number of aliphatic imine (C=N–C) groups is 1. The molecule has 162 valence electrons. The molecule has 30 heavy (non-hydrogen) atoms. The van der Waals surface area contributed by atoms with Gasteiger partial charge < -0.3 is 20.1 Å². The molecule has 1 fully saturated rings. The van der Waals surface area contributed by atoms with Crippen LogP contribution in [0, 0.1) is 5.82 Å². The van der Waals surface area contributed by atoms with Crippen LogP contribution in [0.2, 0.25) is 0 Å². The average Bonchev–Trinajstić information content (AvgIpc) is 2.77. The van der Waals surface area contributed by atoms with Crippen molar-refractivity contribution in [3.8, 4) is 5.75 Å². The molecule has 0 saturated carbocycles. The van der Waals surface area contributed by atoms with Crippen LogP contribution in [0.15, 0.2) is 53.5 Å². The van der Waals surface area contributed by atoms with Crippen molar-refractivity contribution in [2.45, 2.75) is 20.0 Å². The van der Waals surface area contributed by atoms with Gasteiger partial charge >= 0.3 is 0 Å². The zero-order valence-corrected chi connectivity index (χ0v) is 17.6. The molecule has 1 saturated heterocycles. The summed E-state index contributed by atoms with van der Waals surface area (Å²) in [7, 11) is 0. The number of hydrogen-bond donors (Lipinski definition) is 2. The summed E-state index contributed by atoms with van der Waals surface area (Å²) in [5.41, 5.74) is 1.90. The van der Waals surface area contributed by atoms with Crippen molar-refractivity contribution in [3.05, 3.63) is 65.5 Å². The van der Waals surface area contributed by atoms with E-state index in [0.29, 0.717) is 25.7 Å². The van der Waals surface area contributed by atoms with E-state index < -0.39 is 0 Å². The Balaban J connectivity index is 1.54. The Kier molecular flexibility index (Phi) is 8.93. The molecule has 0 bridgehead atoms. The Morgan fingerprint density at radius 1 is 1.13 bits per heavy atom. The second-order valence-electron chi connectivity index (χ2n) is 7.09. The van der Waals surface area contributed by atoms with Gasteiger partial charge in [-0.2, -0.15) is 0 Å². The van der Waals surface area contributed by atoms with Crippen LogP contribution < -0.4 is 15.4 Å². The smallest absolute Gasteiger partial charge is 0.191 e. The van der Waals surface area contributed by atoms with E-state index in [1.54, 1.807) is 6.07 Å². The molecule has 0 spiro atoms. The Labute approximate surface area is 178 Å². The third-order valence-electron chi connectivity index (χ3n) is 4.84. The molecule has 1 heterocycles. The molecule has 1 aliphatic heterocycles. The first-order valence-corrected chi connectivity index (χ1v) is 10.5. The number of rotatable bonds is 9. The Hall–Kier alpha value is -2.64. The number of morpholine rings is 1. The number of nitrogens with one attached hydrogen (secondary N) is 2. The molecule has 0 aliphatic carbocycles. The van der Waals surface area contributed by atoms with E-state index in [9.17, 15) is 4.39 Å². The van der Waals surface area contributed by atoms with Crippen molar-refractivity contribution in [3.63, 3.8) is 0 Å². The van der Waals surface area contributed by atoms with Crippen LogP contribution in [-0.4, -0.2) is 56.9 Å². The Morgan fingerprint density at radius 3 is 2.77 bits per heavy atom. The maximum atomic E-state index is 13.4. The summed E-state index contributed by atoms with van der Waals surface area (Å²) >= 11 is 0. The minimum atomic E-state index is -0.246. The van der Waals surface area contributed by atoms with Gasteiger partial charge in [0.25, 0.3) is 0 Å². The summed E-state index contributed by atoms with van der Waals surface area (Å²) in [6.45, 7) is 8.79. The normalized spacial score (nSPS) is 15.1. The van der Waals surface area contributed by atoms with Crippen LogP contribution in [0.25, 0.3) is 0 Å². The van der Waals surface area contributed by atoms with Crippen molar-refractivity contribution in [2.24, 2.45) is 4.99 Å². The van der Waals surface area contributed by atoms with E-state index in [4.69, 9.17) is 9.47 Å². The first-order chi connectivity index (χ1) is 14.7. The number of ether oxygens (including phenoxy) is 2. The van der Waals surface area contributed by atoms with Gasteiger partial charge in [0.15, 0.2) is 5.96 Å². The Bertz CT molecular complexity index is 809. The van der Waals surface area contributed by atoms with E-state index in [1.165, 1.54) is 12.1 Å². The van der Waals surface area contributed by atoms with Gasteiger partial charge in [0.1, 0.15) is 18.2 Å². The van der Waals surface area contributed by atoms with Crippen molar-refractivity contribution in [1.82, 2.24) is 15.5 Å². The SMILES string of the molecule is CCNC(=NCc1cccc(F)c1)NCc1ccccc1OCCN1CCOCC1. The number of hydrogen-bond acceptors (Lipinski definition) is 4. The molecule has 3 rings (SSSR count). The van der Waals surface area contributed by atoms with E-state index in [-0.39, 0.29) is 5.82 Å². The summed E-state index contributed by atoms with van der Waals surface area (Å²) in [6.07, 6.45) is 0. The second kappa shape index (κ2) is 12.1. The van der Waals surface area contributed by atoms with Crippen LogP contribution in [0.5, 0.6) is 5.75 Å². The third kappa shape index (κ3) is 7.31. The highest BCUT2D eigenvalue weighted by Crippen LogP contribution is 2.17. The lowest BCUT2D eigenvalue weighted by Gasteiger charge is -2.26. The lowest BCUT2D eigenvalue weighted by Crippen LogP contribution is -2.38. The number of para-hydroxylation sites is 1. The van der Waals surface area contributed by atoms with E-state index in [1.807, 2.05) is 37.3 Å². The fourth-order valence-electron chi connectivity index (χ4n) is 3.23. The van der Waals surface area contributed by atoms with Gasteiger partial charge in [-0.1, -0.05) is 30.3 Å². The highest BCUT2D eigenvalue weighted by molar-refractivity contribution is 5.79. The monoisotopic (exact) mass is 414 g/mol. The lowest BCUT2D eigenvalue weighted by molar-refractivity contribution is 0.0322. The van der Waals surface area contributed by atoms with E-state index in [0.717, 1.165) is 56.3 Å². The molecular formula is C23H31FN4O2. The zero-order chi connectivity index (χ0) is 21.0. The largest absolute Gasteiger partial charge is 0.492 e. The topological polar surface area (TPSA) is 58.1 Å². The molecule has 6 nitrogen and oxygen atoms in total. The minimum Gasteiger partial charge on any atom is -0.492 e. The van der Waals surface area contributed by atoms with Gasteiger partial charge in [-0.3, -0.25) is 4.90 Å². The minimum absolute atomic E-state index is 0.246. The van der Waals surface area contributed by atoms with Crippen molar-refractivity contribution < 1.29 is 13.9 Å². The molecule has 0 atom stereocenters. The standard InChI is InChI=1S/C23H31FN4O2/c1-2-25-23(26-17-19-6-5-8-21(24)16-19)27-18-20-7-3-4-9-22(20)30-15-12-28-10-13-29-14-11-28/h3-9,16H,2,10-15,17-18H2,1H3,(H2,25,26,27). The molecule has 2 aromatic carbocycles. The fraction of sp³-hybridized carbons (Fsp3) is 0.435. The van der Waals surface area contributed by atoms with Crippen LogP contribution in [0.3, 0.4) is 0 Å². The number of benzene rings is 2. The van der Waals surface area contributed by atoms with E-state index >= 15 is 0 Å². The molecule has 0 unspecified atom stereocenters. The predicted octanol–water partition coefficient (Wildman–Crippen LogP) is 2.79. The number of nitrogens with zero attached hydrogens (tertiary/aromatic N) is 2. The first kappa shape index (κ1) is 22.1. The number of guanidine groups is 1. The molecule has 1 aliphatic rings. The summed E-state index contributed by atoms with van der Waals surface area (Å²) in [4.78, 5) is 6.92. The Morgan fingerprint density at radius 2 is 1.97 bits per heavy atom. The van der Waals surface area contributed by atoms with Gasteiger partial charge in [-0.25, -0.2) is 9.38 Å². The summed E-state index contributed by atoms with van der Waals surface area (Å²) in [6, 6.07) is 14.5. The molecule has 2 aromatic rings. The lowest BCUT2D eigenvalue weighted by atomic mass is 10.2. The van der Waals surface area contributed by atoms with Crippen LogP contribution in [0.1, 0.15) is 18.1 Å². The van der Waals surface area contributed by atoms with Crippen LogP contribution in [-0.2, 0) is 17.8 Å². The fourth-order valence-corrected chi connectivity index (χ4v) is 3.23. The third-order valence-corrected chi connectivity index (χ3v) is 4.84. The van der Waals surface area contributed by atoms with Gasteiger partial charge in [0, 0.05) is 38.3 Å². The average molecular weight is 415 g/mol. The quantitative estimate of drug-likeness (QED) is 0.488. The number of halogens is 1. The van der Waals surface area contributed by atoms with Crippen molar-refractivity contribution in [2.75, 3.05) is 46.0 Å². The zero-order valence-electron chi connectivity index (χ0n) is 17.6. The van der Waals surface area contributed by atoms with Crippen molar-refractivity contribution >= 4 is 5.96 Å². The summed E-state index contributed by atoms with van der Waals surface area (Å²) in [5, 5.41) is 6.57. The maximum absolute atomic E-state index is 13.4. The van der Waals surface area contributed by atoms with Gasteiger partial charge in [-0.15, -0.1) is 0 Å². The highest BCUT2D eigenvalue weighted by atomic mass is 19.1. The molecule has 0 aromatic heterocycles. The molecule has 0 radical (unpaired) electrons. The summed E-state index contributed by atoms with van der Waals surface area (Å²) in [5.74, 6) is 1.31. The highest BCUT2D eigenvalue weighted by Gasteiger charge is 2.11.